The summed E-state index contributed by atoms with van der Waals surface area (Å²) < 4.78 is 14.6. The molecule has 0 bridgehead atoms. The van der Waals surface area contributed by atoms with Gasteiger partial charge in [-0.05, 0) is 38.0 Å². The van der Waals surface area contributed by atoms with Gasteiger partial charge in [0.05, 0.1) is 23.7 Å². The third-order valence-electron chi connectivity index (χ3n) is 5.16. The molecule has 0 radical (unpaired) electrons. The molecule has 0 spiro atoms. The Balaban J connectivity index is 2.05. The van der Waals surface area contributed by atoms with Crippen molar-refractivity contribution in [2.45, 2.75) is 37.2 Å². The molecule has 32 heavy (non-hydrogen) atoms. The molecule has 1 atom stereocenters. The van der Waals surface area contributed by atoms with Gasteiger partial charge in [0, 0.05) is 16.2 Å². The van der Waals surface area contributed by atoms with E-state index in [9.17, 15) is 14.0 Å². The highest BCUT2D eigenvalue weighted by Gasteiger charge is 2.36. The molecule has 0 unspecified atom stereocenters. The Bertz CT molecular complexity index is 1050. The van der Waals surface area contributed by atoms with Crippen LogP contribution in [0.3, 0.4) is 0 Å². The van der Waals surface area contributed by atoms with Crippen LogP contribution in [0.25, 0.3) is 0 Å². The van der Waals surface area contributed by atoms with Gasteiger partial charge < -0.3 is 26.3 Å². The quantitative estimate of drug-likeness (QED) is 0.226. The number of nitrogens with one attached hydrogen (secondary N) is 1. The van der Waals surface area contributed by atoms with Crippen molar-refractivity contribution < 1.29 is 24.3 Å². The van der Waals surface area contributed by atoms with Crippen LogP contribution < -0.4 is 16.0 Å². The van der Waals surface area contributed by atoms with E-state index in [1.165, 1.54) is 23.9 Å². The first-order chi connectivity index (χ1) is 15.1. The summed E-state index contributed by atoms with van der Waals surface area (Å²) in [6, 6.07) is 12.0. The van der Waals surface area contributed by atoms with Crippen molar-refractivity contribution in [3.05, 3.63) is 59.4 Å². The molecule has 170 valence electrons. The Morgan fingerprint density at radius 1 is 1.34 bits per heavy atom. The number of halogens is 1. The zero-order chi connectivity index (χ0) is 23.5. The van der Waals surface area contributed by atoms with Crippen LogP contribution in [0.15, 0.2) is 52.5 Å². The fourth-order valence-electron chi connectivity index (χ4n) is 3.75. The van der Waals surface area contributed by atoms with E-state index in [2.05, 4.69) is 10.5 Å². The maximum atomic E-state index is 14.6. The standard InChI is InChI=1S/C22H25FN4O4S/c1-22(2,25-21(29)30)10-14-12-32-18-9-16(23)15(19(24)26-31)8-17(18)27(20(14)28)11-13-6-4-3-5-7-13/h3-9,14,25,31H,10-12H2,1-2H3,(H2,24,26)(H,29,30)/t14-/m0/s1. The van der Waals surface area contributed by atoms with E-state index in [4.69, 9.17) is 16.0 Å². The number of carbonyl (C=O) groups is 2. The summed E-state index contributed by atoms with van der Waals surface area (Å²) in [7, 11) is 0. The van der Waals surface area contributed by atoms with Crippen LogP contribution in [0.5, 0.6) is 0 Å². The third kappa shape index (κ3) is 5.31. The SMILES string of the molecule is CC(C)(C[C@H]1CSc2cc(F)c(C(N)=NO)cc2N(Cc2ccccc2)C1=O)NC(=O)O. The lowest BCUT2D eigenvalue weighted by molar-refractivity contribution is -0.122. The molecule has 0 saturated heterocycles. The Hall–Kier alpha value is -3.27. The van der Waals surface area contributed by atoms with E-state index in [1.54, 1.807) is 18.7 Å². The predicted octanol–water partition coefficient (Wildman–Crippen LogP) is 3.61. The number of fused-ring (bicyclic) bond motifs is 1. The van der Waals surface area contributed by atoms with Gasteiger partial charge in [0.1, 0.15) is 5.82 Å². The minimum absolute atomic E-state index is 0.107. The molecular formula is C22H25FN4O4S. The molecule has 3 rings (SSSR count). The number of anilines is 1. The van der Waals surface area contributed by atoms with E-state index in [0.717, 1.165) is 5.56 Å². The van der Waals surface area contributed by atoms with E-state index < -0.39 is 29.2 Å². The number of hydrogen-bond donors (Lipinski definition) is 4. The maximum Gasteiger partial charge on any atom is 0.405 e. The van der Waals surface area contributed by atoms with Crippen LogP contribution in [0, 0.1) is 11.7 Å². The number of nitrogens with zero attached hydrogens (tertiary/aromatic N) is 2. The van der Waals surface area contributed by atoms with Gasteiger partial charge in [-0.25, -0.2) is 9.18 Å². The highest BCUT2D eigenvalue weighted by molar-refractivity contribution is 7.99. The molecule has 2 amide bonds. The molecule has 8 nitrogen and oxygen atoms in total. The van der Waals surface area contributed by atoms with Crippen molar-refractivity contribution >= 4 is 35.3 Å². The number of hydrogen-bond acceptors (Lipinski definition) is 5. The van der Waals surface area contributed by atoms with Crippen LogP contribution in [0.1, 0.15) is 31.4 Å². The molecule has 2 aromatic carbocycles. The summed E-state index contributed by atoms with van der Waals surface area (Å²) in [6.07, 6.45) is -0.904. The van der Waals surface area contributed by atoms with Crippen LogP contribution in [0.4, 0.5) is 14.9 Å². The van der Waals surface area contributed by atoms with E-state index in [-0.39, 0.29) is 24.4 Å². The van der Waals surface area contributed by atoms with Crippen molar-refractivity contribution in [2.75, 3.05) is 10.7 Å². The second kappa shape index (κ2) is 9.47. The van der Waals surface area contributed by atoms with Crippen molar-refractivity contribution in [3.63, 3.8) is 0 Å². The van der Waals surface area contributed by atoms with Crippen LogP contribution in [0.2, 0.25) is 0 Å². The zero-order valence-electron chi connectivity index (χ0n) is 17.7. The highest BCUT2D eigenvalue weighted by Crippen LogP contribution is 2.40. The largest absolute Gasteiger partial charge is 0.465 e. The molecule has 0 aliphatic carbocycles. The molecule has 0 aromatic heterocycles. The maximum absolute atomic E-state index is 14.6. The average molecular weight is 461 g/mol. The Kier molecular flexibility index (Phi) is 6.93. The van der Waals surface area contributed by atoms with Gasteiger partial charge in [-0.1, -0.05) is 35.5 Å². The molecule has 10 heteroatoms. The molecule has 2 aromatic rings. The third-order valence-corrected chi connectivity index (χ3v) is 6.37. The Morgan fingerprint density at radius 3 is 2.66 bits per heavy atom. The first-order valence-electron chi connectivity index (χ1n) is 9.92. The van der Waals surface area contributed by atoms with E-state index in [1.807, 2.05) is 30.3 Å². The summed E-state index contributed by atoms with van der Waals surface area (Å²) in [5, 5.41) is 23.5. The highest BCUT2D eigenvalue weighted by atomic mass is 32.2. The van der Waals surface area contributed by atoms with Gasteiger partial charge >= 0.3 is 6.09 Å². The van der Waals surface area contributed by atoms with E-state index in [0.29, 0.717) is 16.3 Å². The van der Waals surface area contributed by atoms with Crippen molar-refractivity contribution in [3.8, 4) is 0 Å². The molecule has 0 fully saturated rings. The van der Waals surface area contributed by atoms with E-state index >= 15 is 0 Å². The summed E-state index contributed by atoms with van der Waals surface area (Å²) in [5.74, 6) is -1.43. The fraction of sp³-hybridized carbons (Fsp3) is 0.318. The minimum atomic E-state index is -1.17. The number of amides is 2. The lowest BCUT2D eigenvalue weighted by Gasteiger charge is -2.31. The van der Waals surface area contributed by atoms with Crippen LogP contribution in [-0.4, -0.2) is 39.4 Å². The number of rotatable bonds is 6. The second-order valence-corrected chi connectivity index (χ2v) is 9.28. The summed E-state index contributed by atoms with van der Waals surface area (Å²) in [5.41, 5.74) is 6.02. The van der Waals surface area contributed by atoms with Crippen molar-refractivity contribution in [2.24, 2.45) is 16.8 Å². The Labute approximate surface area is 189 Å². The lowest BCUT2D eigenvalue weighted by atomic mass is 9.90. The number of oxime groups is 1. The second-order valence-electron chi connectivity index (χ2n) is 8.22. The smallest absolute Gasteiger partial charge is 0.405 e. The number of nitrogens with two attached hydrogens (primary N) is 1. The van der Waals surface area contributed by atoms with Crippen LogP contribution >= 0.6 is 11.8 Å². The first kappa shape index (κ1) is 23.4. The summed E-state index contributed by atoms with van der Waals surface area (Å²) >= 11 is 1.32. The number of benzene rings is 2. The van der Waals surface area contributed by atoms with Gasteiger partial charge in [-0.3, -0.25) is 4.79 Å². The lowest BCUT2D eigenvalue weighted by Crippen LogP contribution is -2.47. The normalized spacial score (nSPS) is 17.0. The molecule has 1 heterocycles. The van der Waals surface area contributed by atoms with Gasteiger partial charge in [-0.15, -0.1) is 11.8 Å². The molecule has 0 saturated carbocycles. The number of carboxylic acid groups (broad SMARTS) is 1. The van der Waals surface area contributed by atoms with Crippen LogP contribution in [-0.2, 0) is 11.3 Å². The summed E-state index contributed by atoms with van der Waals surface area (Å²) in [4.78, 5) is 26.9. The minimum Gasteiger partial charge on any atom is -0.465 e. The number of thioether (sulfide) groups is 1. The van der Waals surface area contributed by atoms with Crippen molar-refractivity contribution in [1.29, 1.82) is 0 Å². The number of amidine groups is 1. The number of carbonyl (C=O) groups excluding carboxylic acids is 1. The van der Waals surface area contributed by atoms with Gasteiger partial charge in [0.15, 0.2) is 5.84 Å². The monoisotopic (exact) mass is 460 g/mol. The zero-order valence-corrected chi connectivity index (χ0v) is 18.5. The molecular weight excluding hydrogens is 435 g/mol. The fourth-order valence-corrected chi connectivity index (χ4v) is 4.90. The van der Waals surface area contributed by atoms with Crippen molar-refractivity contribution in [1.82, 2.24) is 5.32 Å². The Morgan fingerprint density at radius 2 is 2.03 bits per heavy atom. The molecule has 1 aliphatic heterocycles. The molecule has 5 N–H and O–H groups in total. The van der Waals surface area contributed by atoms with Gasteiger partial charge in [0.2, 0.25) is 5.91 Å². The average Bonchev–Trinajstić information content (AvgIpc) is 2.84. The first-order valence-corrected chi connectivity index (χ1v) is 10.9. The van der Waals surface area contributed by atoms with Gasteiger partial charge in [-0.2, -0.15) is 0 Å². The predicted molar refractivity (Wildman–Crippen MR) is 121 cm³/mol. The van der Waals surface area contributed by atoms with Gasteiger partial charge in [0.25, 0.3) is 0 Å². The topological polar surface area (TPSA) is 128 Å². The molecule has 1 aliphatic rings. The summed E-state index contributed by atoms with van der Waals surface area (Å²) in [6.45, 7) is 3.67.